The van der Waals surface area contributed by atoms with E-state index in [-0.39, 0.29) is 29.0 Å². The normalized spacial score (nSPS) is 26.3. The third kappa shape index (κ3) is 2.82. The number of epoxide rings is 2. The van der Waals surface area contributed by atoms with Crippen LogP contribution in [0.5, 0.6) is 5.75 Å². The van der Waals surface area contributed by atoms with Crippen LogP contribution in [0.4, 0.5) is 0 Å². The van der Waals surface area contributed by atoms with Gasteiger partial charge in [0.1, 0.15) is 24.0 Å². The molecular weight excluding hydrogens is 308 g/mol. The lowest BCUT2D eigenvalue weighted by Gasteiger charge is -2.12. The molecule has 2 atom stereocenters. The maximum Gasteiger partial charge on any atom is 0.336 e. The summed E-state index contributed by atoms with van der Waals surface area (Å²) in [5.41, 5.74) is 0.853. The summed E-state index contributed by atoms with van der Waals surface area (Å²) in [6, 6.07) is 7.06. The first-order chi connectivity index (χ1) is 11.3. The Bertz CT molecular complexity index is 848. The fourth-order valence-corrected chi connectivity index (χ4v) is 3.04. The molecule has 0 aliphatic carbocycles. The second kappa shape index (κ2) is 5.07. The smallest absolute Gasteiger partial charge is 0.336 e. The SMILES string of the molecule is CC1(C)O[C@H]1Cc1c(OC[C@H]2OC2(C)C)ccc2ccc(=O)oc12. The van der Waals surface area contributed by atoms with E-state index >= 15 is 0 Å². The Kier molecular flexibility index (Phi) is 3.31. The molecule has 1 aromatic carbocycles. The van der Waals surface area contributed by atoms with Gasteiger partial charge in [0.05, 0.1) is 17.3 Å². The van der Waals surface area contributed by atoms with Crippen molar-refractivity contribution in [1.82, 2.24) is 0 Å². The van der Waals surface area contributed by atoms with Crippen LogP contribution in [0.15, 0.2) is 33.5 Å². The van der Waals surface area contributed by atoms with Crippen LogP contribution in [0.1, 0.15) is 33.3 Å². The fraction of sp³-hybridized carbons (Fsp3) is 0.526. The van der Waals surface area contributed by atoms with E-state index < -0.39 is 0 Å². The molecule has 0 saturated carbocycles. The van der Waals surface area contributed by atoms with Crippen molar-refractivity contribution >= 4 is 11.0 Å². The maximum atomic E-state index is 11.7. The summed E-state index contributed by atoms with van der Waals surface area (Å²) in [4.78, 5) is 11.7. The van der Waals surface area contributed by atoms with E-state index in [4.69, 9.17) is 18.6 Å². The van der Waals surface area contributed by atoms with E-state index in [0.29, 0.717) is 18.6 Å². The molecule has 0 amide bonds. The van der Waals surface area contributed by atoms with E-state index in [1.54, 1.807) is 6.07 Å². The van der Waals surface area contributed by atoms with Gasteiger partial charge in [-0.05, 0) is 45.9 Å². The Morgan fingerprint density at radius 3 is 2.25 bits per heavy atom. The average Bonchev–Trinajstić information content (AvgIpc) is 3.32. The predicted molar refractivity (Wildman–Crippen MR) is 89.6 cm³/mol. The Labute approximate surface area is 140 Å². The monoisotopic (exact) mass is 330 g/mol. The topological polar surface area (TPSA) is 64.5 Å². The van der Waals surface area contributed by atoms with E-state index in [1.165, 1.54) is 6.07 Å². The zero-order valence-electron chi connectivity index (χ0n) is 14.4. The summed E-state index contributed by atoms with van der Waals surface area (Å²) in [5.74, 6) is 0.731. The molecule has 0 radical (unpaired) electrons. The second-order valence-corrected chi connectivity index (χ2v) is 7.65. The van der Waals surface area contributed by atoms with E-state index in [2.05, 4.69) is 13.8 Å². The van der Waals surface area contributed by atoms with Gasteiger partial charge >= 0.3 is 5.63 Å². The molecule has 2 saturated heterocycles. The van der Waals surface area contributed by atoms with Crippen LogP contribution in [-0.2, 0) is 15.9 Å². The van der Waals surface area contributed by atoms with Gasteiger partial charge in [0.25, 0.3) is 0 Å². The van der Waals surface area contributed by atoms with E-state index in [9.17, 15) is 4.79 Å². The second-order valence-electron chi connectivity index (χ2n) is 7.65. The van der Waals surface area contributed by atoms with Crippen LogP contribution in [-0.4, -0.2) is 30.0 Å². The molecule has 4 rings (SSSR count). The van der Waals surface area contributed by atoms with Crippen molar-refractivity contribution in [2.75, 3.05) is 6.61 Å². The number of fused-ring (bicyclic) bond motifs is 1. The molecule has 0 unspecified atom stereocenters. The molecule has 5 nitrogen and oxygen atoms in total. The molecule has 2 aliphatic rings. The largest absolute Gasteiger partial charge is 0.490 e. The lowest BCUT2D eigenvalue weighted by molar-refractivity contribution is 0.252. The first-order valence-electron chi connectivity index (χ1n) is 8.30. The van der Waals surface area contributed by atoms with E-state index in [1.807, 2.05) is 26.0 Å². The Hall–Kier alpha value is -1.85. The molecule has 0 bridgehead atoms. The standard InChI is InChI=1S/C19H22O5/c1-18(2)14(23-18)9-12-13(21-10-15-19(3,4)24-15)7-5-11-6-8-16(20)22-17(11)12/h5-8,14-15H,9-10H2,1-4H3/t14-,15+/m0/s1. The van der Waals surface area contributed by atoms with Crippen LogP contribution < -0.4 is 10.4 Å². The summed E-state index contributed by atoms with van der Waals surface area (Å²) >= 11 is 0. The van der Waals surface area contributed by atoms with Crippen molar-refractivity contribution in [3.05, 3.63) is 40.2 Å². The van der Waals surface area contributed by atoms with Gasteiger partial charge in [-0.25, -0.2) is 4.79 Å². The summed E-state index contributed by atoms with van der Waals surface area (Å²) in [5, 5.41) is 0.887. The minimum Gasteiger partial charge on any atom is -0.490 e. The number of ether oxygens (including phenoxy) is 3. The lowest BCUT2D eigenvalue weighted by atomic mass is 10.00. The highest BCUT2D eigenvalue weighted by Gasteiger charge is 2.49. The summed E-state index contributed by atoms with van der Waals surface area (Å²) in [6.45, 7) is 8.68. The quantitative estimate of drug-likeness (QED) is 0.623. The third-order valence-corrected chi connectivity index (χ3v) is 4.96. The first-order valence-corrected chi connectivity index (χ1v) is 8.30. The van der Waals surface area contributed by atoms with Crippen LogP contribution in [0, 0.1) is 0 Å². The fourth-order valence-electron chi connectivity index (χ4n) is 3.04. The zero-order chi connectivity index (χ0) is 17.1. The van der Waals surface area contributed by atoms with Gasteiger partial charge in [-0.3, -0.25) is 0 Å². The molecular formula is C19H22O5. The average molecular weight is 330 g/mol. The summed E-state index contributed by atoms with van der Waals surface area (Å²) in [6.07, 6.45) is 0.851. The number of rotatable bonds is 5. The van der Waals surface area contributed by atoms with E-state index in [0.717, 1.165) is 16.7 Å². The van der Waals surface area contributed by atoms with Crippen molar-refractivity contribution in [3.8, 4) is 5.75 Å². The van der Waals surface area contributed by atoms with Gasteiger partial charge < -0.3 is 18.6 Å². The first kappa shape index (κ1) is 15.7. The minimum atomic E-state index is -0.358. The van der Waals surface area contributed by atoms with Crippen LogP contribution in [0.3, 0.4) is 0 Å². The van der Waals surface area contributed by atoms with Crippen molar-refractivity contribution in [2.24, 2.45) is 0 Å². The molecule has 1 aromatic heterocycles. The van der Waals surface area contributed by atoms with Gasteiger partial charge in [0.2, 0.25) is 0 Å². The van der Waals surface area contributed by atoms with Gasteiger partial charge in [0.15, 0.2) is 0 Å². The highest BCUT2D eigenvalue weighted by molar-refractivity contribution is 5.82. The molecule has 0 N–H and O–H groups in total. The third-order valence-electron chi connectivity index (χ3n) is 4.96. The molecule has 24 heavy (non-hydrogen) atoms. The Balaban J connectivity index is 1.67. The molecule has 0 spiro atoms. The predicted octanol–water partition coefficient (Wildman–Crippen LogP) is 3.07. The van der Waals surface area contributed by atoms with Gasteiger partial charge in [-0.1, -0.05) is 0 Å². The van der Waals surface area contributed by atoms with Gasteiger partial charge in [-0.2, -0.15) is 0 Å². The number of hydrogen-bond acceptors (Lipinski definition) is 5. The summed E-state index contributed by atoms with van der Waals surface area (Å²) in [7, 11) is 0. The molecule has 5 heteroatoms. The Morgan fingerprint density at radius 2 is 1.62 bits per heavy atom. The molecule has 2 fully saturated rings. The number of hydrogen-bond donors (Lipinski definition) is 0. The van der Waals surface area contributed by atoms with Crippen molar-refractivity contribution in [2.45, 2.75) is 57.5 Å². The van der Waals surface area contributed by atoms with Gasteiger partial charge in [-0.15, -0.1) is 0 Å². The zero-order valence-corrected chi connectivity index (χ0v) is 14.4. The van der Waals surface area contributed by atoms with Crippen molar-refractivity contribution in [3.63, 3.8) is 0 Å². The molecule has 2 aromatic rings. The molecule has 128 valence electrons. The van der Waals surface area contributed by atoms with Crippen LogP contribution in [0.25, 0.3) is 11.0 Å². The lowest BCUT2D eigenvalue weighted by Crippen LogP contribution is -2.14. The molecule has 3 heterocycles. The van der Waals surface area contributed by atoms with Crippen molar-refractivity contribution in [1.29, 1.82) is 0 Å². The summed E-state index contributed by atoms with van der Waals surface area (Å²) < 4.78 is 22.8. The van der Waals surface area contributed by atoms with Crippen molar-refractivity contribution < 1.29 is 18.6 Å². The Morgan fingerprint density at radius 1 is 1.00 bits per heavy atom. The highest BCUT2D eigenvalue weighted by atomic mass is 16.6. The maximum absolute atomic E-state index is 11.7. The molecule has 2 aliphatic heterocycles. The van der Waals surface area contributed by atoms with Crippen LogP contribution >= 0.6 is 0 Å². The van der Waals surface area contributed by atoms with Gasteiger partial charge in [0, 0.05) is 23.4 Å². The minimum absolute atomic E-state index is 0.0949. The number of benzene rings is 1. The van der Waals surface area contributed by atoms with Crippen LogP contribution in [0.2, 0.25) is 0 Å². The highest BCUT2D eigenvalue weighted by Crippen LogP contribution is 2.41.